The molecule has 2 rings (SSSR count). The van der Waals surface area contributed by atoms with Crippen LogP contribution in [0.4, 0.5) is 5.69 Å². The topological polar surface area (TPSA) is 102 Å². The zero-order chi connectivity index (χ0) is 14.8. The van der Waals surface area contributed by atoms with Gasteiger partial charge in [-0.1, -0.05) is 0 Å². The van der Waals surface area contributed by atoms with Gasteiger partial charge in [-0.05, 0) is 53.6 Å². The highest BCUT2D eigenvalue weighted by Crippen LogP contribution is 2.23. The smallest absolute Gasteiger partial charge is 0.337 e. The molecule has 1 aromatic carbocycles. The van der Waals surface area contributed by atoms with Gasteiger partial charge in [-0.2, -0.15) is 0 Å². The van der Waals surface area contributed by atoms with E-state index in [1.54, 1.807) is 12.1 Å². The number of rotatable bonds is 3. The number of nitrogens with one attached hydrogen (secondary N) is 1. The normalized spacial score (nSPS) is 17.5. The summed E-state index contributed by atoms with van der Waals surface area (Å²) in [7, 11) is 0. The van der Waals surface area contributed by atoms with Crippen molar-refractivity contribution in [2.75, 3.05) is 18.5 Å². The Labute approximate surface area is 129 Å². The van der Waals surface area contributed by atoms with Crippen LogP contribution in [0.15, 0.2) is 18.2 Å². The summed E-state index contributed by atoms with van der Waals surface area (Å²) < 4.78 is 5.97. The zero-order valence-corrected chi connectivity index (χ0v) is 12.8. The Bertz CT molecular complexity index is 541. The van der Waals surface area contributed by atoms with E-state index in [9.17, 15) is 14.7 Å². The van der Waals surface area contributed by atoms with E-state index in [1.807, 2.05) is 22.6 Å². The molecule has 0 aromatic heterocycles. The fourth-order valence-corrected chi connectivity index (χ4v) is 2.50. The third-order valence-corrected chi connectivity index (χ3v) is 3.97. The summed E-state index contributed by atoms with van der Waals surface area (Å²) in [6, 6.07) is 4.81. The Morgan fingerprint density at radius 3 is 2.60 bits per heavy atom. The maximum atomic E-state index is 12.3. The number of amides is 1. The Balaban J connectivity index is 2.21. The van der Waals surface area contributed by atoms with Crippen LogP contribution in [0.1, 0.15) is 23.2 Å². The summed E-state index contributed by atoms with van der Waals surface area (Å²) in [5, 5.41) is 11.8. The largest absolute Gasteiger partial charge is 0.478 e. The number of anilines is 1. The third-order valence-electron chi connectivity index (χ3n) is 3.30. The quantitative estimate of drug-likeness (QED) is 0.678. The van der Waals surface area contributed by atoms with Gasteiger partial charge in [-0.15, -0.1) is 0 Å². The number of nitrogens with two attached hydrogens (primary N) is 1. The van der Waals surface area contributed by atoms with Crippen LogP contribution >= 0.6 is 22.6 Å². The predicted octanol–water partition coefficient (Wildman–Crippen LogP) is 1.44. The first-order valence-corrected chi connectivity index (χ1v) is 7.21. The number of carboxylic acid groups (broad SMARTS) is 1. The molecule has 0 saturated carbocycles. The van der Waals surface area contributed by atoms with Crippen molar-refractivity contribution in [3.05, 3.63) is 27.3 Å². The Kier molecular flexibility index (Phi) is 4.61. The van der Waals surface area contributed by atoms with Gasteiger partial charge in [-0.25, -0.2) is 4.79 Å². The lowest BCUT2D eigenvalue weighted by Crippen LogP contribution is -2.54. The third kappa shape index (κ3) is 3.28. The van der Waals surface area contributed by atoms with Crippen molar-refractivity contribution in [1.82, 2.24) is 0 Å². The van der Waals surface area contributed by atoms with Gasteiger partial charge in [0.25, 0.3) is 0 Å². The fraction of sp³-hybridized carbons (Fsp3) is 0.385. The first kappa shape index (κ1) is 15.2. The van der Waals surface area contributed by atoms with E-state index in [0.717, 1.165) is 3.57 Å². The predicted molar refractivity (Wildman–Crippen MR) is 81.7 cm³/mol. The van der Waals surface area contributed by atoms with Gasteiger partial charge >= 0.3 is 5.97 Å². The number of carbonyl (C=O) groups is 2. The van der Waals surface area contributed by atoms with Crippen LogP contribution in [-0.4, -0.2) is 35.7 Å². The molecule has 1 aliphatic rings. The van der Waals surface area contributed by atoms with Crippen molar-refractivity contribution in [1.29, 1.82) is 0 Å². The molecule has 6 nitrogen and oxygen atoms in total. The van der Waals surface area contributed by atoms with Crippen LogP contribution in [0, 0.1) is 3.57 Å². The molecular weight excluding hydrogens is 375 g/mol. The number of hydrogen-bond donors (Lipinski definition) is 3. The van der Waals surface area contributed by atoms with Crippen molar-refractivity contribution in [2.24, 2.45) is 5.73 Å². The highest BCUT2D eigenvalue weighted by Gasteiger charge is 2.36. The van der Waals surface area contributed by atoms with E-state index in [1.165, 1.54) is 6.07 Å². The van der Waals surface area contributed by atoms with Crippen molar-refractivity contribution in [3.63, 3.8) is 0 Å². The minimum atomic E-state index is -1.09. The molecule has 0 aliphatic carbocycles. The zero-order valence-electron chi connectivity index (χ0n) is 10.7. The minimum absolute atomic E-state index is 0.0564. The number of carbonyl (C=O) groups excluding carboxylic acids is 1. The number of carboxylic acids is 1. The van der Waals surface area contributed by atoms with E-state index in [-0.39, 0.29) is 17.2 Å². The van der Waals surface area contributed by atoms with Crippen molar-refractivity contribution in [3.8, 4) is 0 Å². The second kappa shape index (κ2) is 6.06. The molecule has 1 aromatic rings. The van der Waals surface area contributed by atoms with Gasteiger partial charge < -0.3 is 20.9 Å². The molecule has 0 bridgehead atoms. The fourth-order valence-electron chi connectivity index (χ4n) is 2.01. The Morgan fingerprint density at radius 2 is 2.00 bits per heavy atom. The van der Waals surface area contributed by atoms with E-state index >= 15 is 0 Å². The molecule has 0 unspecified atom stereocenters. The van der Waals surface area contributed by atoms with Crippen LogP contribution < -0.4 is 11.1 Å². The molecule has 1 aliphatic heterocycles. The maximum Gasteiger partial charge on any atom is 0.337 e. The summed E-state index contributed by atoms with van der Waals surface area (Å²) in [5.74, 6) is -1.46. The summed E-state index contributed by atoms with van der Waals surface area (Å²) in [5.41, 5.74) is 5.38. The maximum absolute atomic E-state index is 12.3. The molecule has 1 amide bonds. The highest BCUT2D eigenvalue weighted by atomic mass is 127. The van der Waals surface area contributed by atoms with Crippen molar-refractivity contribution >= 4 is 40.2 Å². The second-order valence-electron chi connectivity index (χ2n) is 4.72. The van der Waals surface area contributed by atoms with E-state index < -0.39 is 11.5 Å². The minimum Gasteiger partial charge on any atom is -0.478 e. The van der Waals surface area contributed by atoms with Crippen LogP contribution in [0.3, 0.4) is 0 Å². The molecule has 20 heavy (non-hydrogen) atoms. The molecule has 4 N–H and O–H groups in total. The number of halogens is 1. The number of ether oxygens (including phenoxy) is 1. The molecule has 0 spiro atoms. The lowest BCUT2D eigenvalue weighted by Gasteiger charge is -2.31. The standard InChI is InChI=1S/C13H15IN2O4/c14-8-1-2-10(9(7-8)11(17)18)16-12(19)13(15)3-5-20-6-4-13/h1-2,7H,3-6,15H2,(H,16,19)(H,17,18). The van der Waals surface area contributed by atoms with Gasteiger partial charge in [0, 0.05) is 16.8 Å². The molecule has 0 atom stereocenters. The van der Waals surface area contributed by atoms with Gasteiger partial charge in [-0.3, -0.25) is 4.79 Å². The van der Waals surface area contributed by atoms with Crippen molar-refractivity contribution < 1.29 is 19.4 Å². The summed E-state index contributed by atoms with van der Waals surface area (Å²) in [6.45, 7) is 0.866. The molecular formula is C13H15IN2O4. The van der Waals surface area contributed by atoms with Gasteiger partial charge in [0.05, 0.1) is 11.3 Å². The van der Waals surface area contributed by atoms with Crippen LogP contribution in [0.25, 0.3) is 0 Å². The summed E-state index contributed by atoms with van der Waals surface area (Å²) in [6.07, 6.45) is 0.844. The Hall–Kier alpha value is -1.19. The lowest BCUT2D eigenvalue weighted by molar-refractivity contribution is -0.124. The molecule has 0 radical (unpaired) electrons. The SMILES string of the molecule is NC1(C(=O)Nc2ccc(I)cc2C(=O)O)CCOCC1. The van der Waals surface area contributed by atoms with Crippen LogP contribution in [-0.2, 0) is 9.53 Å². The summed E-state index contributed by atoms with van der Waals surface area (Å²) >= 11 is 2.02. The molecule has 108 valence electrons. The first-order valence-electron chi connectivity index (χ1n) is 6.13. The van der Waals surface area contributed by atoms with Gasteiger partial charge in [0.15, 0.2) is 0 Å². The van der Waals surface area contributed by atoms with Crippen LogP contribution in [0.2, 0.25) is 0 Å². The van der Waals surface area contributed by atoms with Crippen LogP contribution in [0.5, 0.6) is 0 Å². The molecule has 1 saturated heterocycles. The molecule has 7 heteroatoms. The number of benzene rings is 1. The number of aromatic carboxylic acids is 1. The second-order valence-corrected chi connectivity index (χ2v) is 5.96. The van der Waals surface area contributed by atoms with Crippen molar-refractivity contribution in [2.45, 2.75) is 18.4 Å². The molecule has 1 heterocycles. The lowest BCUT2D eigenvalue weighted by atomic mass is 9.90. The monoisotopic (exact) mass is 390 g/mol. The average Bonchev–Trinajstić information content (AvgIpc) is 2.41. The summed E-state index contributed by atoms with van der Waals surface area (Å²) in [4.78, 5) is 23.5. The Morgan fingerprint density at radius 1 is 1.35 bits per heavy atom. The van der Waals surface area contributed by atoms with Gasteiger partial charge in [0.2, 0.25) is 5.91 Å². The van der Waals surface area contributed by atoms with E-state index in [4.69, 9.17) is 10.5 Å². The first-order chi connectivity index (χ1) is 9.42. The molecule has 1 fully saturated rings. The van der Waals surface area contributed by atoms with E-state index in [0.29, 0.717) is 26.1 Å². The van der Waals surface area contributed by atoms with Gasteiger partial charge in [0.1, 0.15) is 5.54 Å². The highest BCUT2D eigenvalue weighted by molar-refractivity contribution is 14.1. The average molecular weight is 390 g/mol. The number of hydrogen-bond acceptors (Lipinski definition) is 4. The van der Waals surface area contributed by atoms with E-state index in [2.05, 4.69) is 5.32 Å².